The van der Waals surface area contributed by atoms with E-state index < -0.39 is 18.5 Å². The monoisotopic (exact) mass is 386 g/mol. The van der Waals surface area contributed by atoms with Crippen LogP contribution in [0, 0.1) is 13.8 Å². The van der Waals surface area contributed by atoms with Crippen molar-refractivity contribution in [2.75, 3.05) is 26.1 Å². The molecular weight excluding hydrogens is 364 g/mol. The maximum atomic E-state index is 12.7. The fourth-order valence-corrected chi connectivity index (χ4v) is 2.73. The third kappa shape index (κ3) is 4.79. The van der Waals surface area contributed by atoms with Crippen LogP contribution in [0.3, 0.4) is 0 Å². The lowest BCUT2D eigenvalue weighted by molar-refractivity contribution is -0.139. The molecule has 2 aromatic rings. The van der Waals surface area contributed by atoms with Crippen molar-refractivity contribution in [3.8, 4) is 11.5 Å². The Bertz CT molecular complexity index is 900. The molecule has 0 saturated heterocycles. The molecule has 0 unspecified atom stereocenters. The van der Waals surface area contributed by atoms with Gasteiger partial charge in [-0.25, -0.2) is 4.79 Å². The van der Waals surface area contributed by atoms with Crippen molar-refractivity contribution < 1.29 is 29.0 Å². The summed E-state index contributed by atoms with van der Waals surface area (Å²) in [4.78, 5) is 35.3. The highest BCUT2D eigenvalue weighted by molar-refractivity contribution is 6.06. The number of methoxy groups -OCH3 is 1. The maximum Gasteiger partial charge on any atom is 0.341 e. The van der Waals surface area contributed by atoms with Crippen molar-refractivity contribution in [2.24, 2.45) is 0 Å². The normalized spacial score (nSPS) is 10.1. The number of nitrogens with one attached hydrogen (secondary N) is 2. The molecule has 148 valence electrons. The average Bonchev–Trinajstić information content (AvgIpc) is 2.66. The molecule has 0 fully saturated rings. The Hall–Kier alpha value is -3.55. The first-order chi connectivity index (χ1) is 13.3. The van der Waals surface area contributed by atoms with E-state index in [2.05, 4.69) is 10.6 Å². The number of hydrogen-bond donors (Lipinski definition) is 3. The topological polar surface area (TPSA) is 114 Å². The Morgan fingerprint density at radius 2 is 1.64 bits per heavy atom. The molecule has 0 bridgehead atoms. The molecule has 0 atom stereocenters. The zero-order valence-electron chi connectivity index (χ0n) is 16.1. The SMILES string of the molecule is CNC(=O)c1ccc(OC)c(NC(=O)c2cc(C)c(OCC(=O)O)c(C)c2)c1. The summed E-state index contributed by atoms with van der Waals surface area (Å²) in [6.45, 7) is 3.00. The van der Waals surface area contributed by atoms with Crippen LogP contribution in [-0.2, 0) is 4.79 Å². The third-order valence-corrected chi connectivity index (χ3v) is 4.00. The van der Waals surface area contributed by atoms with Crippen LogP contribution in [0.15, 0.2) is 30.3 Å². The van der Waals surface area contributed by atoms with Crippen molar-refractivity contribution >= 4 is 23.5 Å². The summed E-state index contributed by atoms with van der Waals surface area (Å²) < 4.78 is 10.5. The van der Waals surface area contributed by atoms with Crippen molar-refractivity contribution in [1.82, 2.24) is 5.32 Å². The molecule has 0 saturated carbocycles. The largest absolute Gasteiger partial charge is 0.495 e. The van der Waals surface area contributed by atoms with Crippen LogP contribution in [0.5, 0.6) is 11.5 Å². The van der Waals surface area contributed by atoms with E-state index in [1.165, 1.54) is 20.2 Å². The number of hydrogen-bond acceptors (Lipinski definition) is 5. The van der Waals surface area contributed by atoms with Gasteiger partial charge in [0.1, 0.15) is 11.5 Å². The van der Waals surface area contributed by atoms with Gasteiger partial charge in [0.2, 0.25) is 0 Å². The van der Waals surface area contributed by atoms with Gasteiger partial charge >= 0.3 is 5.97 Å². The van der Waals surface area contributed by atoms with Crippen LogP contribution in [0.25, 0.3) is 0 Å². The molecule has 2 amide bonds. The highest BCUT2D eigenvalue weighted by Gasteiger charge is 2.16. The van der Waals surface area contributed by atoms with E-state index in [1.807, 2.05) is 0 Å². The molecule has 0 aliphatic carbocycles. The summed E-state index contributed by atoms with van der Waals surface area (Å²) in [6.07, 6.45) is 0. The second kappa shape index (κ2) is 8.90. The molecule has 3 N–H and O–H groups in total. The zero-order valence-corrected chi connectivity index (χ0v) is 16.1. The van der Waals surface area contributed by atoms with Gasteiger partial charge in [0.15, 0.2) is 6.61 Å². The molecule has 0 spiro atoms. The van der Waals surface area contributed by atoms with E-state index >= 15 is 0 Å². The Morgan fingerprint density at radius 1 is 1.00 bits per heavy atom. The number of carbonyl (C=O) groups is 3. The predicted octanol–water partition coefficient (Wildman–Crippen LogP) is 2.39. The van der Waals surface area contributed by atoms with Gasteiger partial charge in [-0.15, -0.1) is 0 Å². The molecule has 28 heavy (non-hydrogen) atoms. The molecule has 0 aliphatic rings. The Labute approximate surface area is 162 Å². The van der Waals surface area contributed by atoms with Gasteiger partial charge in [-0.1, -0.05) is 0 Å². The summed E-state index contributed by atoms with van der Waals surface area (Å²) in [5.74, 6) is -0.925. The number of amides is 2. The van der Waals surface area contributed by atoms with Crippen LogP contribution < -0.4 is 20.1 Å². The number of carboxylic acids is 1. The van der Waals surface area contributed by atoms with Crippen molar-refractivity contribution in [2.45, 2.75) is 13.8 Å². The lowest BCUT2D eigenvalue weighted by atomic mass is 10.0. The molecular formula is C20H22N2O6. The lowest BCUT2D eigenvalue weighted by Gasteiger charge is -2.14. The maximum absolute atomic E-state index is 12.7. The van der Waals surface area contributed by atoms with Crippen LogP contribution in [0.4, 0.5) is 5.69 Å². The van der Waals surface area contributed by atoms with Crippen molar-refractivity contribution in [3.05, 3.63) is 52.6 Å². The summed E-state index contributed by atoms with van der Waals surface area (Å²) in [5.41, 5.74) is 2.37. The minimum absolute atomic E-state index is 0.287. The minimum atomic E-state index is -1.08. The van der Waals surface area contributed by atoms with E-state index in [0.29, 0.717) is 39.4 Å². The number of anilines is 1. The summed E-state index contributed by atoms with van der Waals surface area (Å²) in [6, 6.07) is 7.93. The zero-order chi connectivity index (χ0) is 20.8. The predicted molar refractivity (Wildman–Crippen MR) is 103 cm³/mol. The number of aliphatic carboxylic acids is 1. The van der Waals surface area contributed by atoms with Crippen molar-refractivity contribution in [3.63, 3.8) is 0 Å². The first kappa shape index (κ1) is 20.8. The molecule has 2 aromatic carbocycles. The number of carbonyl (C=O) groups excluding carboxylic acids is 2. The second-order valence-corrected chi connectivity index (χ2v) is 6.07. The van der Waals surface area contributed by atoms with Gasteiger partial charge in [-0.2, -0.15) is 0 Å². The highest BCUT2D eigenvalue weighted by Crippen LogP contribution is 2.28. The lowest BCUT2D eigenvalue weighted by Crippen LogP contribution is -2.19. The molecule has 8 heteroatoms. The summed E-state index contributed by atoms with van der Waals surface area (Å²) in [7, 11) is 2.98. The minimum Gasteiger partial charge on any atom is -0.495 e. The van der Waals surface area contributed by atoms with E-state index in [1.54, 1.807) is 38.1 Å². The fraction of sp³-hybridized carbons (Fsp3) is 0.250. The summed E-state index contributed by atoms with van der Waals surface area (Å²) >= 11 is 0. The number of rotatable bonds is 7. The molecule has 2 rings (SSSR count). The van der Waals surface area contributed by atoms with E-state index in [9.17, 15) is 14.4 Å². The standard InChI is InChI=1S/C20H22N2O6/c1-11-7-14(8-12(2)18(11)28-10-17(23)24)20(26)22-15-9-13(19(25)21-3)5-6-16(15)27-4/h5-9H,10H2,1-4H3,(H,21,25)(H,22,26)(H,23,24). The number of benzene rings is 2. The molecule has 8 nitrogen and oxygen atoms in total. The highest BCUT2D eigenvalue weighted by atomic mass is 16.5. The van der Waals surface area contributed by atoms with Crippen LogP contribution in [-0.4, -0.2) is 43.7 Å². The van der Waals surface area contributed by atoms with Gasteiger partial charge in [0, 0.05) is 18.2 Å². The first-order valence-electron chi connectivity index (χ1n) is 8.44. The van der Waals surface area contributed by atoms with Crippen LogP contribution >= 0.6 is 0 Å². The van der Waals surface area contributed by atoms with Crippen LogP contribution in [0.1, 0.15) is 31.8 Å². The van der Waals surface area contributed by atoms with Crippen LogP contribution in [0.2, 0.25) is 0 Å². The smallest absolute Gasteiger partial charge is 0.341 e. The fourth-order valence-electron chi connectivity index (χ4n) is 2.73. The second-order valence-electron chi connectivity index (χ2n) is 6.07. The van der Waals surface area contributed by atoms with Gasteiger partial charge in [-0.05, 0) is 55.3 Å². The van der Waals surface area contributed by atoms with E-state index in [0.717, 1.165) is 0 Å². The quantitative estimate of drug-likeness (QED) is 0.673. The number of ether oxygens (including phenoxy) is 2. The number of aryl methyl sites for hydroxylation is 2. The summed E-state index contributed by atoms with van der Waals surface area (Å²) in [5, 5.41) is 14.0. The molecule has 0 heterocycles. The Balaban J connectivity index is 2.30. The molecule has 0 aliphatic heterocycles. The van der Waals surface area contributed by atoms with Gasteiger partial charge in [-0.3, -0.25) is 9.59 Å². The van der Waals surface area contributed by atoms with Gasteiger partial charge in [0.05, 0.1) is 12.8 Å². The first-order valence-corrected chi connectivity index (χ1v) is 8.44. The van der Waals surface area contributed by atoms with Gasteiger partial charge in [0.25, 0.3) is 11.8 Å². The van der Waals surface area contributed by atoms with E-state index in [4.69, 9.17) is 14.6 Å². The Morgan fingerprint density at radius 3 is 2.18 bits per heavy atom. The Kier molecular flexibility index (Phi) is 6.59. The van der Waals surface area contributed by atoms with Crippen molar-refractivity contribution in [1.29, 1.82) is 0 Å². The third-order valence-electron chi connectivity index (χ3n) is 4.00. The number of carboxylic acid groups (broad SMARTS) is 1. The average molecular weight is 386 g/mol. The molecule has 0 radical (unpaired) electrons. The van der Waals surface area contributed by atoms with Gasteiger partial charge < -0.3 is 25.2 Å². The van der Waals surface area contributed by atoms with E-state index in [-0.39, 0.29) is 5.91 Å². The molecule has 0 aromatic heterocycles.